The highest BCUT2D eigenvalue weighted by Gasteiger charge is 2.64. The molecule has 1 saturated carbocycles. The van der Waals surface area contributed by atoms with Crippen LogP contribution < -0.4 is 25.5 Å². The van der Waals surface area contributed by atoms with Crippen molar-refractivity contribution in [3.8, 4) is 33.4 Å². The minimum absolute atomic E-state index is 0.0665. The van der Waals surface area contributed by atoms with Crippen molar-refractivity contribution in [2.24, 2.45) is 0 Å². The molecule has 1 fully saturated rings. The first-order chi connectivity index (χ1) is 43.1. The molecule has 18 rings (SSSR count). The van der Waals surface area contributed by atoms with Gasteiger partial charge < -0.3 is 19.0 Å². The van der Waals surface area contributed by atoms with Gasteiger partial charge in [0.05, 0.1) is 11.4 Å². The lowest BCUT2D eigenvalue weighted by molar-refractivity contribution is 0.199. The second kappa shape index (κ2) is 18.6. The predicted octanol–water partition coefficient (Wildman–Crippen LogP) is 22.1. The molecule has 438 valence electrons. The maximum Gasteiger partial charge on any atom is 0.329 e. The van der Waals surface area contributed by atoms with E-state index in [-0.39, 0.29) is 34.0 Å². The quantitative estimate of drug-likeness (QED) is 0.141. The summed E-state index contributed by atoms with van der Waals surface area (Å²) in [5.41, 5.74) is 29.5. The topological polar surface area (TPSA) is 22.9 Å². The monoisotopic (exact) mass is 1170 g/mol. The zero-order valence-corrected chi connectivity index (χ0v) is 53.8. The van der Waals surface area contributed by atoms with E-state index in [1.54, 1.807) is 0 Å². The van der Waals surface area contributed by atoms with Crippen molar-refractivity contribution in [3.63, 3.8) is 0 Å². The number of furan rings is 1. The van der Waals surface area contributed by atoms with Crippen LogP contribution in [-0.4, -0.2) is 12.4 Å². The lowest BCUT2D eigenvalue weighted by atomic mass is 9.40. The largest absolute Gasteiger partial charge is 0.454 e. The molecule has 6 aliphatic rings. The SMILES string of the molecule is CCCCc1ccc(N2c3cc(N(c4ccc5c(c4)sc4ccccc45)c4cccc5c4oc4ccccc45)cc4c3B(c3c2ccc2c3C(C)(C)c3cc5c(cc3-2)C(C)(C)CCC5(C)C)N2c3c-4cccc3C3(C)CCCCC23C)c(-c2ccccc2)c1. The third-order valence-corrected chi connectivity index (χ3v) is 24.5. The summed E-state index contributed by atoms with van der Waals surface area (Å²) in [5, 5.41) is 4.82. The molecule has 10 aromatic carbocycles. The molecule has 0 amide bonds. The maximum atomic E-state index is 7.14. The fourth-order valence-corrected chi connectivity index (χ4v) is 19.6. The van der Waals surface area contributed by atoms with Crippen LogP contribution in [0.15, 0.2) is 192 Å². The van der Waals surface area contributed by atoms with Gasteiger partial charge >= 0.3 is 6.85 Å². The number of thiophene rings is 1. The van der Waals surface area contributed by atoms with Gasteiger partial charge in [0.2, 0.25) is 0 Å². The summed E-state index contributed by atoms with van der Waals surface area (Å²) in [6.07, 6.45) is 10.5. The van der Waals surface area contributed by atoms with Crippen LogP contribution in [-0.2, 0) is 28.1 Å². The van der Waals surface area contributed by atoms with Gasteiger partial charge in [0.25, 0.3) is 0 Å². The first-order valence-electron chi connectivity index (χ1n) is 33.2. The Morgan fingerprint density at radius 1 is 0.506 bits per heavy atom. The van der Waals surface area contributed by atoms with Crippen molar-refractivity contribution in [1.29, 1.82) is 0 Å². The Morgan fingerprint density at radius 3 is 2.07 bits per heavy atom. The number of nitrogens with zero attached hydrogens (tertiary/aromatic N) is 3. The lowest BCUT2D eigenvalue weighted by Crippen LogP contribution is -2.71. The Labute approximate surface area is 528 Å². The Bertz CT molecular complexity index is 5020. The molecule has 4 nitrogen and oxygen atoms in total. The van der Waals surface area contributed by atoms with Gasteiger partial charge in [-0.2, -0.15) is 0 Å². The number of fused-ring (bicyclic) bond motifs is 18. The highest BCUT2D eigenvalue weighted by molar-refractivity contribution is 7.25. The van der Waals surface area contributed by atoms with Gasteiger partial charge in [0.1, 0.15) is 5.58 Å². The number of aryl methyl sites for hydroxylation is 1. The molecule has 3 aliphatic carbocycles. The van der Waals surface area contributed by atoms with Gasteiger partial charge in [-0.15, -0.1) is 11.3 Å². The van der Waals surface area contributed by atoms with Gasteiger partial charge in [-0.1, -0.05) is 196 Å². The average molecular weight is 1170 g/mol. The summed E-state index contributed by atoms with van der Waals surface area (Å²) < 4.78 is 9.71. The summed E-state index contributed by atoms with van der Waals surface area (Å²) in [5.74, 6) is 0. The van der Waals surface area contributed by atoms with E-state index in [0.717, 1.165) is 71.1 Å². The minimum atomic E-state index is -0.318. The van der Waals surface area contributed by atoms with Gasteiger partial charge in [-0.05, 0) is 190 Å². The standard InChI is InChI=1S/C83H76BN3OS/c1-10-11-23-50-34-38-67(60(44-50)51-24-13-12-14-25-51)86-68-39-37-57-61-48-65-66(80(4,5)43-42-79(65,2)3)49-64(61)81(6,7)74(57)76(68)84-75-62(58-28-21-30-63-77(58)87(84)83(9)41-20-19-40-82(63,83)8)45-53(46-70(75)86)85(52-35-36-56-55-27-16-18-33-72(55)89-73(56)47-52)69-31-22-29-59-54-26-15-17-32-71(54)88-78(59)69/h12-18,21-22,24-39,44-49H,10-11,19-20,23,40-43H2,1-9H3. The van der Waals surface area contributed by atoms with E-state index in [9.17, 15) is 0 Å². The van der Waals surface area contributed by atoms with E-state index in [4.69, 9.17) is 4.42 Å². The number of anilines is 7. The summed E-state index contributed by atoms with van der Waals surface area (Å²) in [4.78, 5) is 8.37. The molecule has 89 heavy (non-hydrogen) atoms. The Kier molecular flexibility index (Phi) is 11.2. The zero-order chi connectivity index (χ0) is 60.3. The molecule has 12 aromatic rings. The molecule has 2 aromatic heterocycles. The smallest absolute Gasteiger partial charge is 0.329 e. The van der Waals surface area contributed by atoms with Crippen LogP contribution in [0, 0.1) is 0 Å². The van der Waals surface area contributed by atoms with Crippen molar-refractivity contribution in [2.45, 2.75) is 147 Å². The zero-order valence-electron chi connectivity index (χ0n) is 53.0. The van der Waals surface area contributed by atoms with Gasteiger partial charge in [0.15, 0.2) is 5.58 Å². The van der Waals surface area contributed by atoms with Crippen LogP contribution >= 0.6 is 11.3 Å². The summed E-state index contributed by atoms with van der Waals surface area (Å²) in [6.45, 7) is 22.7. The lowest BCUT2D eigenvalue weighted by Gasteiger charge is -2.55. The molecule has 0 radical (unpaired) electrons. The van der Waals surface area contributed by atoms with Crippen molar-refractivity contribution in [2.75, 3.05) is 14.6 Å². The molecule has 0 N–H and O–H groups in total. The van der Waals surface area contributed by atoms with Crippen LogP contribution in [0.5, 0.6) is 0 Å². The van der Waals surface area contributed by atoms with Crippen LogP contribution in [0.25, 0.3) is 75.5 Å². The predicted molar refractivity (Wildman–Crippen MR) is 380 cm³/mol. The number of unbranched alkanes of at least 4 members (excludes halogenated alkanes) is 1. The second-order valence-corrected chi connectivity index (χ2v) is 30.6. The molecule has 0 saturated heterocycles. The molecule has 0 bridgehead atoms. The highest BCUT2D eigenvalue weighted by atomic mass is 32.1. The maximum absolute atomic E-state index is 7.14. The number of hydrogen-bond acceptors (Lipinski definition) is 5. The van der Waals surface area contributed by atoms with Crippen LogP contribution in [0.4, 0.5) is 39.8 Å². The Morgan fingerprint density at radius 2 is 1.24 bits per heavy atom. The fourth-order valence-electron chi connectivity index (χ4n) is 18.5. The molecule has 5 heterocycles. The summed E-state index contributed by atoms with van der Waals surface area (Å²) in [6, 6.07) is 73.3. The molecular weight excluding hydrogens is 1100 g/mol. The molecule has 2 unspecified atom stereocenters. The third kappa shape index (κ3) is 7.24. The first kappa shape index (κ1) is 53.7. The number of hydrogen-bond donors (Lipinski definition) is 0. The second-order valence-electron chi connectivity index (χ2n) is 29.5. The van der Waals surface area contributed by atoms with Crippen LogP contribution in [0.1, 0.15) is 147 Å². The van der Waals surface area contributed by atoms with E-state index < -0.39 is 0 Å². The van der Waals surface area contributed by atoms with Crippen LogP contribution in [0.3, 0.4) is 0 Å². The van der Waals surface area contributed by atoms with E-state index in [2.05, 4.69) is 265 Å². The highest BCUT2D eigenvalue weighted by Crippen LogP contribution is 2.65. The Hall–Kier alpha value is -8.32. The fraction of sp³-hybridized carbons (Fsp3) is 0.277. The van der Waals surface area contributed by atoms with Crippen molar-refractivity contribution in [3.05, 3.63) is 221 Å². The normalized spacial score (nSPS) is 20.1. The van der Waals surface area contributed by atoms with Crippen molar-refractivity contribution >= 4 is 111 Å². The molecular formula is C83H76BN3OS. The Balaban J connectivity index is 0.988. The van der Waals surface area contributed by atoms with E-state index >= 15 is 0 Å². The minimum Gasteiger partial charge on any atom is -0.454 e. The van der Waals surface area contributed by atoms with Crippen molar-refractivity contribution < 1.29 is 4.42 Å². The van der Waals surface area contributed by atoms with Crippen molar-refractivity contribution in [1.82, 2.24) is 0 Å². The summed E-state index contributed by atoms with van der Waals surface area (Å²) in [7, 11) is 0. The van der Waals surface area contributed by atoms with Gasteiger partial charge in [0, 0.05) is 86.9 Å². The van der Waals surface area contributed by atoms with Crippen LogP contribution in [0.2, 0.25) is 0 Å². The first-order valence-corrected chi connectivity index (χ1v) is 34.0. The third-order valence-electron chi connectivity index (χ3n) is 23.4. The van der Waals surface area contributed by atoms with E-state index in [0.29, 0.717) is 0 Å². The number of benzene rings is 10. The number of para-hydroxylation sites is 3. The molecule has 0 spiro atoms. The van der Waals surface area contributed by atoms with E-state index in [1.807, 2.05) is 11.3 Å². The van der Waals surface area contributed by atoms with Gasteiger partial charge in [-0.3, -0.25) is 0 Å². The molecule has 3 aliphatic heterocycles. The molecule has 6 heteroatoms. The number of rotatable bonds is 8. The summed E-state index contributed by atoms with van der Waals surface area (Å²) >= 11 is 1.88. The average Bonchev–Trinajstić information content (AvgIpc) is 1.56. The van der Waals surface area contributed by atoms with E-state index in [1.165, 1.54) is 146 Å². The molecule has 2 atom stereocenters. The van der Waals surface area contributed by atoms with Gasteiger partial charge in [-0.25, -0.2) is 0 Å².